The molecule has 1 N–H and O–H groups in total. The average molecular weight is 333 g/mol. The maximum atomic E-state index is 6.05. The van der Waals surface area contributed by atoms with Gasteiger partial charge in [0.2, 0.25) is 0 Å². The second-order valence-electron chi connectivity index (χ2n) is 6.27. The summed E-state index contributed by atoms with van der Waals surface area (Å²) in [5.41, 5.74) is 3.16. The Hall–Kier alpha value is -1.77. The Balaban J connectivity index is 1.64. The summed E-state index contributed by atoms with van der Waals surface area (Å²) in [6, 6.07) is 2.27. The molecular weight excluding hydrogens is 306 g/mol. The molecule has 0 bridgehead atoms. The number of nitrogens with zero attached hydrogens (tertiary/aromatic N) is 6. The van der Waals surface area contributed by atoms with Gasteiger partial charge in [-0.1, -0.05) is 0 Å². The van der Waals surface area contributed by atoms with Crippen LogP contribution in [-0.4, -0.2) is 62.5 Å². The van der Waals surface area contributed by atoms with Gasteiger partial charge in [0, 0.05) is 32.9 Å². The van der Waals surface area contributed by atoms with Crippen LogP contribution in [0.25, 0.3) is 0 Å². The van der Waals surface area contributed by atoms with Gasteiger partial charge in [0.15, 0.2) is 0 Å². The standard InChI is InChI=1S/C16H27N7O/c1-5-23-19-12(2)13(20-23)10-17-11-15-16(21(3)8-9-24-15)14-6-7-18-22(14)4/h6-7,15-17H,5,8-11H2,1-4H3/t15-,16-/m0/s1. The van der Waals surface area contributed by atoms with Gasteiger partial charge in [-0.15, -0.1) is 0 Å². The first kappa shape index (κ1) is 17.1. The SMILES string of the molecule is CCn1nc(C)c(CNC[C@@H]2OCCN(C)[C@H]2c2ccnn2C)n1. The van der Waals surface area contributed by atoms with Crippen molar-refractivity contribution in [2.75, 3.05) is 26.7 Å². The molecule has 0 saturated carbocycles. The zero-order valence-corrected chi connectivity index (χ0v) is 14.9. The van der Waals surface area contributed by atoms with Crippen molar-refractivity contribution < 1.29 is 4.74 Å². The third-order valence-corrected chi connectivity index (χ3v) is 4.60. The third-order valence-electron chi connectivity index (χ3n) is 4.60. The summed E-state index contributed by atoms with van der Waals surface area (Å²) >= 11 is 0. The highest BCUT2D eigenvalue weighted by molar-refractivity contribution is 5.11. The van der Waals surface area contributed by atoms with Gasteiger partial charge in [-0.3, -0.25) is 9.58 Å². The quantitative estimate of drug-likeness (QED) is 0.830. The largest absolute Gasteiger partial charge is 0.374 e. The van der Waals surface area contributed by atoms with E-state index in [0.29, 0.717) is 6.54 Å². The Morgan fingerprint density at radius 1 is 1.33 bits per heavy atom. The smallest absolute Gasteiger partial charge is 0.0994 e. The molecule has 8 nitrogen and oxygen atoms in total. The van der Waals surface area contributed by atoms with E-state index in [1.54, 1.807) is 4.80 Å². The molecule has 8 heteroatoms. The molecule has 2 aromatic heterocycles. The first-order chi connectivity index (χ1) is 11.6. The maximum Gasteiger partial charge on any atom is 0.0994 e. The van der Waals surface area contributed by atoms with Gasteiger partial charge in [-0.25, -0.2) is 0 Å². The minimum absolute atomic E-state index is 0.0840. The van der Waals surface area contributed by atoms with E-state index in [0.717, 1.165) is 37.6 Å². The van der Waals surface area contributed by atoms with Crippen molar-refractivity contribution in [1.82, 2.24) is 35.0 Å². The van der Waals surface area contributed by atoms with Crippen LogP contribution >= 0.6 is 0 Å². The normalized spacial score (nSPS) is 22.2. The van der Waals surface area contributed by atoms with Crippen LogP contribution in [0.4, 0.5) is 0 Å². The molecule has 1 saturated heterocycles. The summed E-state index contributed by atoms with van der Waals surface area (Å²) in [4.78, 5) is 4.07. The molecule has 2 atom stereocenters. The number of morpholine rings is 1. The van der Waals surface area contributed by atoms with Crippen molar-refractivity contribution in [1.29, 1.82) is 0 Å². The highest BCUT2D eigenvalue weighted by Gasteiger charge is 2.33. The number of rotatable bonds is 6. The fourth-order valence-corrected chi connectivity index (χ4v) is 3.23. The molecule has 0 spiro atoms. The lowest BCUT2D eigenvalue weighted by atomic mass is 10.0. The van der Waals surface area contributed by atoms with E-state index in [9.17, 15) is 0 Å². The molecule has 132 valence electrons. The lowest BCUT2D eigenvalue weighted by Crippen LogP contribution is -2.48. The van der Waals surface area contributed by atoms with E-state index in [-0.39, 0.29) is 12.1 Å². The summed E-state index contributed by atoms with van der Waals surface area (Å²) in [6.07, 6.45) is 1.93. The van der Waals surface area contributed by atoms with Crippen LogP contribution < -0.4 is 5.32 Å². The van der Waals surface area contributed by atoms with Gasteiger partial charge in [0.25, 0.3) is 0 Å². The first-order valence-electron chi connectivity index (χ1n) is 8.51. The molecule has 2 aromatic rings. The van der Waals surface area contributed by atoms with Crippen molar-refractivity contribution in [3.63, 3.8) is 0 Å². The number of aryl methyl sites for hydroxylation is 3. The third kappa shape index (κ3) is 3.50. The van der Waals surface area contributed by atoms with Crippen LogP contribution in [0.2, 0.25) is 0 Å². The molecule has 1 aliphatic heterocycles. The van der Waals surface area contributed by atoms with E-state index in [1.807, 2.05) is 31.8 Å². The van der Waals surface area contributed by atoms with Gasteiger partial charge in [-0.05, 0) is 27.0 Å². The van der Waals surface area contributed by atoms with E-state index in [2.05, 4.69) is 38.6 Å². The van der Waals surface area contributed by atoms with Gasteiger partial charge >= 0.3 is 0 Å². The van der Waals surface area contributed by atoms with Crippen molar-refractivity contribution in [3.05, 3.63) is 29.3 Å². The van der Waals surface area contributed by atoms with Gasteiger partial charge < -0.3 is 10.1 Å². The van der Waals surface area contributed by atoms with Crippen LogP contribution in [0.5, 0.6) is 0 Å². The molecule has 0 amide bonds. The van der Waals surface area contributed by atoms with Crippen LogP contribution in [0.15, 0.2) is 12.3 Å². The Labute approximate surface area is 142 Å². The summed E-state index contributed by atoms with van der Waals surface area (Å²) < 4.78 is 7.98. The topological polar surface area (TPSA) is 73.0 Å². The molecule has 1 aliphatic rings. The fraction of sp³-hybridized carbons (Fsp3) is 0.688. The summed E-state index contributed by atoms with van der Waals surface area (Å²) in [6.45, 7) is 7.98. The zero-order chi connectivity index (χ0) is 17.1. The van der Waals surface area contributed by atoms with Crippen molar-refractivity contribution >= 4 is 0 Å². The Morgan fingerprint density at radius 3 is 2.83 bits per heavy atom. The Morgan fingerprint density at radius 2 is 2.17 bits per heavy atom. The lowest BCUT2D eigenvalue weighted by Gasteiger charge is -2.39. The molecule has 24 heavy (non-hydrogen) atoms. The molecule has 3 heterocycles. The minimum Gasteiger partial charge on any atom is -0.374 e. The number of ether oxygens (including phenoxy) is 1. The predicted molar refractivity (Wildman–Crippen MR) is 90.5 cm³/mol. The van der Waals surface area contributed by atoms with Gasteiger partial charge in [-0.2, -0.15) is 20.1 Å². The van der Waals surface area contributed by atoms with Crippen LogP contribution in [0.1, 0.15) is 30.0 Å². The molecule has 3 rings (SSSR count). The summed E-state index contributed by atoms with van der Waals surface area (Å²) in [5, 5.41) is 16.7. The molecule has 0 radical (unpaired) electrons. The van der Waals surface area contributed by atoms with E-state index < -0.39 is 0 Å². The summed E-state index contributed by atoms with van der Waals surface area (Å²) in [5.74, 6) is 0. The van der Waals surface area contributed by atoms with Gasteiger partial charge in [0.1, 0.15) is 0 Å². The highest BCUT2D eigenvalue weighted by atomic mass is 16.5. The minimum atomic E-state index is 0.0840. The van der Waals surface area contributed by atoms with Gasteiger partial charge in [0.05, 0.1) is 42.4 Å². The molecule has 0 unspecified atom stereocenters. The second kappa shape index (κ2) is 7.42. The van der Waals surface area contributed by atoms with Crippen LogP contribution in [0.3, 0.4) is 0 Å². The number of nitrogens with one attached hydrogen (secondary N) is 1. The fourth-order valence-electron chi connectivity index (χ4n) is 3.23. The number of likely N-dealkylation sites (N-methyl/N-ethyl adjacent to an activating group) is 1. The Kier molecular flexibility index (Phi) is 5.27. The van der Waals surface area contributed by atoms with Crippen molar-refractivity contribution in [2.24, 2.45) is 7.05 Å². The van der Waals surface area contributed by atoms with E-state index in [1.165, 1.54) is 5.69 Å². The summed E-state index contributed by atoms with van der Waals surface area (Å²) in [7, 11) is 4.12. The molecule has 1 fully saturated rings. The Bertz CT molecular complexity index is 665. The monoisotopic (exact) mass is 333 g/mol. The van der Waals surface area contributed by atoms with E-state index in [4.69, 9.17) is 4.74 Å². The number of hydrogen-bond acceptors (Lipinski definition) is 6. The first-order valence-corrected chi connectivity index (χ1v) is 8.51. The predicted octanol–water partition coefficient (Wildman–Crippen LogP) is 0.501. The van der Waals surface area contributed by atoms with Crippen LogP contribution in [-0.2, 0) is 24.9 Å². The average Bonchev–Trinajstić information content (AvgIpc) is 3.14. The molecule has 0 aliphatic carbocycles. The molecular formula is C16H27N7O. The number of hydrogen-bond donors (Lipinski definition) is 1. The lowest BCUT2D eigenvalue weighted by molar-refractivity contribution is -0.0639. The number of aromatic nitrogens is 5. The van der Waals surface area contributed by atoms with Crippen molar-refractivity contribution in [3.8, 4) is 0 Å². The zero-order valence-electron chi connectivity index (χ0n) is 14.9. The molecule has 0 aromatic carbocycles. The van der Waals surface area contributed by atoms with Crippen LogP contribution in [0, 0.1) is 6.92 Å². The highest BCUT2D eigenvalue weighted by Crippen LogP contribution is 2.27. The van der Waals surface area contributed by atoms with Crippen molar-refractivity contribution in [2.45, 2.75) is 39.1 Å². The van der Waals surface area contributed by atoms with E-state index >= 15 is 0 Å². The second-order valence-corrected chi connectivity index (χ2v) is 6.27. The maximum absolute atomic E-state index is 6.05.